The average molecular weight is 338 g/mol. The predicted molar refractivity (Wildman–Crippen MR) is 84.1 cm³/mol. The number of pyridine rings is 1. The van der Waals surface area contributed by atoms with Crippen LogP contribution >= 0.6 is 15.9 Å². The highest BCUT2D eigenvalue weighted by Gasteiger charge is 2.16. The van der Waals surface area contributed by atoms with Gasteiger partial charge in [-0.2, -0.15) is 4.98 Å². The molecule has 2 aromatic heterocycles. The average Bonchev–Trinajstić information content (AvgIpc) is 2.87. The Hall–Kier alpha value is -1.14. The number of nitrogens with zero attached hydrogens (tertiary/aromatic N) is 4. The van der Waals surface area contributed by atoms with Gasteiger partial charge < -0.3 is 5.32 Å². The summed E-state index contributed by atoms with van der Waals surface area (Å²) in [5.74, 6) is 0.701. The van der Waals surface area contributed by atoms with Crippen molar-refractivity contribution in [3.05, 3.63) is 22.8 Å². The zero-order valence-electron chi connectivity index (χ0n) is 11.7. The van der Waals surface area contributed by atoms with Crippen LogP contribution in [0.5, 0.6) is 0 Å². The molecule has 0 radical (unpaired) electrons. The van der Waals surface area contributed by atoms with Crippen molar-refractivity contribution in [2.24, 2.45) is 0 Å². The minimum Gasteiger partial charge on any atom is -0.351 e. The minimum absolute atomic E-state index is 0.522. The standard InChI is InChI=1S/C14H20BrN5/c1-11(19-7-3-2-4-8-19)9-16-14-17-13-6-5-12(15)10-20(13)18-14/h5-6,10-11H,2-4,7-9H2,1H3,(H,16,18). The van der Waals surface area contributed by atoms with E-state index in [2.05, 4.69) is 43.2 Å². The number of hydrogen-bond acceptors (Lipinski definition) is 4. The van der Waals surface area contributed by atoms with E-state index in [1.54, 1.807) is 4.52 Å². The molecule has 1 N–H and O–H groups in total. The first-order chi connectivity index (χ1) is 9.72. The number of aromatic nitrogens is 3. The van der Waals surface area contributed by atoms with Crippen LogP contribution in [0.1, 0.15) is 26.2 Å². The highest BCUT2D eigenvalue weighted by molar-refractivity contribution is 9.10. The van der Waals surface area contributed by atoms with Crippen LogP contribution in [0.3, 0.4) is 0 Å². The van der Waals surface area contributed by atoms with Gasteiger partial charge in [-0.25, -0.2) is 4.52 Å². The molecular formula is C14H20BrN5. The fourth-order valence-corrected chi connectivity index (χ4v) is 2.99. The summed E-state index contributed by atoms with van der Waals surface area (Å²) in [5, 5.41) is 7.79. The summed E-state index contributed by atoms with van der Waals surface area (Å²) < 4.78 is 2.79. The molecule has 1 aliphatic rings. The highest BCUT2D eigenvalue weighted by atomic mass is 79.9. The molecule has 6 heteroatoms. The van der Waals surface area contributed by atoms with E-state index in [0.29, 0.717) is 12.0 Å². The van der Waals surface area contributed by atoms with Gasteiger partial charge in [0.25, 0.3) is 0 Å². The number of piperidine rings is 1. The summed E-state index contributed by atoms with van der Waals surface area (Å²) in [7, 11) is 0. The molecule has 1 atom stereocenters. The molecule has 2 aromatic rings. The first kappa shape index (κ1) is 13.8. The lowest BCUT2D eigenvalue weighted by Crippen LogP contribution is -2.41. The van der Waals surface area contributed by atoms with Gasteiger partial charge in [-0.1, -0.05) is 6.42 Å². The lowest BCUT2D eigenvalue weighted by atomic mass is 10.1. The van der Waals surface area contributed by atoms with Gasteiger partial charge in [0.15, 0.2) is 5.65 Å². The molecule has 0 amide bonds. The van der Waals surface area contributed by atoms with Gasteiger partial charge in [-0.3, -0.25) is 4.90 Å². The van der Waals surface area contributed by atoms with Crippen LogP contribution in [-0.2, 0) is 0 Å². The van der Waals surface area contributed by atoms with Crippen LogP contribution in [0.15, 0.2) is 22.8 Å². The summed E-state index contributed by atoms with van der Waals surface area (Å²) in [6, 6.07) is 4.45. The molecule has 3 rings (SSSR count). The van der Waals surface area contributed by atoms with E-state index in [-0.39, 0.29) is 0 Å². The van der Waals surface area contributed by atoms with Crippen molar-refractivity contribution in [1.82, 2.24) is 19.5 Å². The van der Waals surface area contributed by atoms with Crippen molar-refractivity contribution < 1.29 is 0 Å². The van der Waals surface area contributed by atoms with Crippen molar-refractivity contribution in [1.29, 1.82) is 0 Å². The summed E-state index contributed by atoms with van der Waals surface area (Å²) in [4.78, 5) is 7.02. The second-order valence-electron chi connectivity index (χ2n) is 5.41. The maximum Gasteiger partial charge on any atom is 0.243 e. The fraction of sp³-hybridized carbons (Fsp3) is 0.571. The first-order valence-corrected chi connectivity index (χ1v) is 8.01. The molecule has 0 saturated carbocycles. The van der Waals surface area contributed by atoms with Crippen molar-refractivity contribution in [2.75, 3.05) is 25.0 Å². The van der Waals surface area contributed by atoms with Gasteiger partial charge in [0.1, 0.15) is 0 Å². The summed E-state index contributed by atoms with van der Waals surface area (Å²) in [5.41, 5.74) is 0.862. The monoisotopic (exact) mass is 337 g/mol. The Morgan fingerprint density at radius 3 is 2.90 bits per heavy atom. The number of rotatable bonds is 4. The summed E-state index contributed by atoms with van der Waals surface area (Å²) in [6.07, 6.45) is 5.94. The molecule has 1 saturated heterocycles. The van der Waals surface area contributed by atoms with Crippen LogP contribution < -0.4 is 5.32 Å². The fourth-order valence-electron chi connectivity index (χ4n) is 2.66. The molecule has 1 aliphatic heterocycles. The van der Waals surface area contributed by atoms with E-state index in [1.807, 2.05) is 18.3 Å². The molecule has 5 nitrogen and oxygen atoms in total. The Labute approximate surface area is 127 Å². The smallest absolute Gasteiger partial charge is 0.243 e. The van der Waals surface area contributed by atoms with Crippen molar-refractivity contribution in [3.63, 3.8) is 0 Å². The van der Waals surface area contributed by atoms with Crippen LogP contribution in [0.25, 0.3) is 5.65 Å². The quantitative estimate of drug-likeness (QED) is 0.931. The Balaban J connectivity index is 1.61. The van der Waals surface area contributed by atoms with Gasteiger partial charge in [-0.15, -0.1) is 5.10 Å². The molecule has 3 heterocycles. The van der Waals surface area contributed by atoms with Crippen LogP contribution in [0, 0.1) is 0 Å². The Morgan fingerprint density at radius 2 is 2.10 bits per heavy atom. The van der Waals surface area contributed by atoms with E-state index in [4.69, 9.17) is 0 Å². The molecule has 1 fully saturated rings. The molecule has 0 spiro atoms. The topological polar surface area (TPSA) is 45.5 Å². The number of fused-ring (bicyclic) bond motifs is 1. The molecule has 20 heavy (non-hydrogen) atoms. The zero-order valence-corrected chi connectivity index (χ0v) is 13.3. The predicted octanol–water partition coefficient (Wildman–Crippen LogP) is 2.78. The molecule has 0 bridgehead atoms. The van der Waals surface area contributed by atoms with Crippen molar-refractivity contribution in [3.8, 4) is 0 Å². The third-order valence-corrected chi connectivity index (χ3v) is 4.33. The molecule has 108 valence electrons. The first-order valence-electron chi connectivity index (χ1n) is 7.22. The minimum atomic E-state index is 0.522. The SMILES string of the molecule is CC(CNc1nc2ccc(Br)cn2n1)N1CCCCC1. The van der Waals surface area contributed by atoms with E-state index in [1.165, 1.54) is 32.4 Å². The third-order valence-electron chi connectivity index (χ3n) is 3.86. The highest BCUT2D eigenvalue weighted by Crippen LogP contribution is 2.14. The molecule has 0 aromatic carbocycles. The maximum atomic E-state index is 4.47. The number of anilines is 1. The second-order valence-corrected chi connectivity index (χ2v) is 6.33. The Bertz CT molecular complexity index is 576. The van der Waals surface area contributed by atoms with Crippen LogP contribution in [0.4, 0.5) is 5.95 Å². The normalized spacial score (nSPS) is 18.3. The van der Waals surface area contributed by atoms with E-state index in [9.17, 15) is 0 Å². The lowest BCUT2D eigenvalue weighted by molar-refractivity contribution is 0.180. The number of likely N-dealkylation sites (tertiary alicyclic amines) is 1. The molecule has 1 unspecified atom stereocenters. The lowest BCUT2D eigenvalue weighted by Gasteiger charge is -2.32. The third kappa shape index (κ3) is 3.12. The van der Waals surface area contributed by atoms with Crippen molar-refractivity contribution >= 4 is 27.5 Å². The Kier molecular flexibility index (Phi) is 4.21. The van der Waals surface area contributed by atoms with Crippen LogP contribution in [-0.4, -0.2) is 45.2 Å². The summed E-state index contributed by atoms with van der Waals surface area (Å²) in [6.45, 7) is 5.59. The number of halogens is 1. The van der Waals surface area contributed by atoms with Gasteiger partial charge in [0.05, 0.1) is 0 Å². The van der Waals surface area contributed by atoms with Gasteiger partial charge in [-0.05, 0) is 60.9 Å². The van der Waals surface area contributed by atoms with Crippen molar-refractivity contribution in [2.45, 2.75) is 32.2 Å². The summed E-state index contributed by atoms with van der Waals surface area (Å²) >= 11 is 3.44. The second kappa shape index (κ2) is 6.10. The van der Waals surface area contributed by atoms with Crippen LogP contribution in [0.2, 0.25) is 0 Å². The zero-order chi connectivity index (χ0) is 13.9. The molecular weight excluding hydrogens is 318 g/mol. The number of hydrogen-bond donors (Lipinski definition) is 1. The van der Waals surface area contributed by atoms with E-state index in [0.717, 1.165) is 16.7 Å². The van der Waals surface area contributed by atoms with Gasteiger partial charge in [0.2, 0.25) is 5.95 Å². The van der Waals surface area contributed by atoms with Gasteiger partial charge >= 0.3 is 0 Å². The van der Waals surface area contributed by atoms with Gasteiger partial charge in [0, 0.05) is 23.3 Å². The Morgan fingerprint density at radius 1 is 1.30 bits per heavy atom. The van der Waals surface area contributed by atoms with E-state index < -0.39 is 0 Å². The largest absolute Gasteiger partial charge is 0.351 e. The molecule has 0 aliphatic carbocycles. The maximum absolute atomic E-state index is 4.47. The number of nitrogens with one attached hydrogen (secondary N) is 1. The van der Waals surface area contributed by atoms with E-state index >= 15 is 0 Å².